The van der Waals surface area contributed by atoms with E-state index in [1.807, 2.05) is 115 Å². The first-order valence-electron chi connectivity index (χ1n) is 10.6. The number of carbonyl (C=O) groups is 1. The molecular formula is C27H22N4OS. The van der Waals surface area contributed by atoms with Crippen molar-refractivity contribution in [2.75, 3.05) is 24.0 Å². The average Bonchev–Trinajstić information content (AvgIpc) is 3.46. The van der Waals surface area contributed by atoms with Gasteiger partial charge in [-0.3, -0.25) is 4.79 Å². The molecule has 0 atom stereocenters. The molecule has 0 aliphatic carbocycles. The van der Waals surface area contributed by atoms with Crippen LogP contribution in [-0.2, 0) is 4.79 Å². The van der Waals surface area contributed by atoms with Crippen LogP contribution in [0.4, 0.5) is 10.8 Å². The van der Waals surface area contributed by atoms with Gasteiger partial charge in [-0.15, -0.1) is 11.3 Å². The SMILES string of the molecule is CN(C)c1ccc(/C=C2\C(=O)N(c3nc(-c4ccccc4)cs3)N=C2c2ccccc2)cc1. The topological polar surface area (TPSA) is 48.8 Å². The van der Waals surface area contributed by atoms with Gasteiger partial charge in [0.25, 0.3) is 5.91 Å². The number of thiazole rings is 1. The van der Waals surface area contributed by atoms with E-state index in [0.717, 1.165) is 28.1 Å². The summed E-state index contributed by atoms with van der Waals surface area (Å²) in [5.74, 6) is -0.181. The van der Waals surface area contributed by atoms with Crippen LogP contribution in [0, 0.1) is 0 Å². The molecule has 33 heavy (non-hydrogen) atoms. The zero-order valence-electron chi connectivity index (χ0n) is 18.3. The first-order chi connectivity index (χ1) is 16.1. The molecule has 0 fully saturated rings. The Morgan fingerprint density at radius 3 is 2.12 bits per heavy atom. The first kappa shape index (κ1) is 20.8. The Morgan fingerprint density at radius 2 is 1.48 bits per heavy atom. The van der Waals surface area contributed by atoms with Gasteiger partial charge in [-0.2, -0.15) is 10.1 Å². The summed E-state index contributed by atoms with van der Waals surface area (Å²) in [6, 6.07) is 27.8. The van der Waals surface area contributed by atoms with Gasteiger partial charge in [0.05, 0.1) is 11.3 Å². The average molecular weight is 451 g/mol. The van der Waals surface area contributed by atoms with Crippen molar-refractivity contribution in [2.45, 2.75) is 0 Å². The normalized spacial score (nSPS) is 14.6. The number of benzene rings is 3. The fourth-order valence-electron chi connectivity index (χ4n) is 3.62. The van der Waals surface area contributed by atoms with E-state index in [1.165, 1.54) is 16.3 Å². The Bertz CT molecular complexity index is 1340. The molecule has 0 saturated heterocycles. The molecular weight excluding hydrogens is 428 g/mol. The van der Waals surface area contributed by atoms with Crippen molar-refractivity contribution in [2.24, 2.45) is 5.10 Å². The molecule has 6 heteroatoms. The number of anilines is 2. The number of rotatable bonds is 5. The third-order valence-corrected chi connectivity index (χ3v) is 6.20. The van der Waals surface area contributed by atoms with Gasteiger partial charge in [-0.25, -0.2) is 4.98 Å². The molecule has 0 bridgehead atoms. The summed E-state index contributed by atoms with van der Waals surface area (Å²) in [7, 11) is 4.01. The van der Waals surface area contributed by atoms with Crippen molar-refractivity contribution in [3.8, 4) is 11.3 Å². The van der Waals surface area contributed by atoms with Crippen LogP contribution in [-0.4, -0.2) is 30.7 Å². The lowest BCUT2D eigenvalue weighted by Crippen LogP contribution is -2.21. The smallest absolute Gasteiger partial charge is 0.283 e. The van der Waals surface area contributed by atoms with Gasteiger partial charge >= 0.3 is 0 Å². The summed E-state index contributed by atoms with van der Waals surface area (Å²) in [6.07, 6.45) is 1.90. The lowest BCUT2D eigenvalue weighted by atomic mass is 10.0. The summed E-state index contributed by atoms with van der Waals surface area (Å²) in [5, 5.41) is 8.64. The highest BCUT2D eigenvalue weighted by atomic mass is 32.1. The van der Waals surface area contributed by atoms with Gasteiger partial charge in [0.2, 0.25) is 5.13 Å². The largest absolute Gasteiger partial charge is 0.378 e. The van der Waals surface area contributed by atoms with Gasteiger partial charge < -0.3 is 4.90 Å². The summed E-state index contributed by atoms with van der Waals surface area (Å²) < 4.78 is 0. The van der Waals surface area contributed by atoms with E-state index in [2.05, 4.69) is 0 Å². The highest BCUT2D eigenvalue weighted by Gasteiger charge is 2.33. The third-order valence-electron chi connectivity index (χ3n) is 5.39. The van der Waals surface area contributed by atoms with Crippen LogP contribution in [0.3, 0.4) is 0 Å². The van der Waals surface area contributed by atoms with Crippen LogP contribution in [0.5, 0.6) is 0 Å². The molecule has 1 amide bonds. The van der Waals surface area contributed by atoms with Crippen molar-refractivity contribution in [3.05, 3.63) is 107 Å². The van der Waals surface area contributed by atoms with Crippen molar-refractivity contribution < 1.29 is 4.79 Å². The quantitative estimate of drug-likeness (QED) is 0.366. The minimum atomic E-state index is -0.181. The number of aromatic nitrogens is 1. The van der Waals surface area contributed by atoms with Crippen molar-refractivity contribution in [1.29, 1.82) is 0 Å². The highest BCUT2D eigenvalue weighted by Crippen LogP contribution is 2.33. The number of carbonyl (C=O) groups excluding carboxylic acids is 1. The number of nitrogens with zero attached hydrogens (tertiary/aromatic N) is 4. The lowest BCUT2D eigenvalue weighted by Gasteiger charge is -2.12. The molecule has 162 valence electrons. The summed E-state index contributed by atoms with van der Waals surface area (Å²) in [5.41, 5.74) is 5.98. The zero-order valence-corrected chi connectivity index (χ0v) is 19.2. The fourth-order valence-corrected chi connectivity index (χ4v) is 4.40. The highest BCUT2D eigenvalue weighted by molar-refractivity contribution is 7.14. The van der Waals surface area contributed by atoms with Crippen molar-refractivity contribution in [1.82, 2.24) is 4.98 Å². The lowest BCUT2D eigenvalue weighted by molar-refractivity contribution is -0.114. The maximum Gasteiger partial charge on any atom is 0.283 e. The van der Waals surface area contributed by atoms with Crippen molar-refractivity contribution in [3.63, 3.8) is 0 Å². The zero-order chi connectivity index (χ0) is 22.8. The Morgan fingerprint density at radius 1 is 0.848 bits per heavy atom. The predicted molar refractivity (Wildman–Crippen MR) is 137 cm³/mol. The summed E-state index contributed by atoms with van der Waals surface area (Å²) in [6.45, 7) is 0. The molecule has 2 heterocycles. The Labute approximate surface area is 197 Å². The second-order valence-electron chi connectivity index (χ2n) is 7.86. The van der Waals surface area contributed by atoms with Crippen LogP contribution in [0.1, 0.15) is 11.1 Å². The molecule has 1 aliphatic rings. The number of hydrogen-bond acceptors (Lipinski definition) is 5. The number of hydrogen-bond donors (Lipinski definition) is 0. The molecule has 5 nitrogen and oxygen atoms in total. The van der Waals surface area contributed by atoms with E-state index < -0.39 is 0 Å². The van der Waals surface area contributed by atoms with Gasteiger partial charge in [0, 0.05) is 36.3 Å². The van der Waals surface area contributed by atoms with Gasteiger partial charge in [-0.1, -0.05) is 72.8 Å². The molecule has 0 unspecified atom stereocenters. The van der Waals surface area contributed by atoms with Crippen LogP contribution in [0.15, 0.2) is 101 Å². The number of hydrazone groups is 1. The van der Waals surface area contributed by atoms with Gasteiger partial charge in [-0.05, 0) is 23.8 Å². The van der Waals surface area contributed by atoms with Crippen LogP contribution < -0.4 is 9.91 Å². The van der Waals surface area contributed by atoms with Crippen LogP contribution in [0.2, 0.25) is 0 Å². The molecule has 0 saturated carbocycles. The molecule has 3 aromatic carbocycles. The van der Waals surface area contributed by atoms with Gasteiger partial charge in [0.15, 0.2) is 0 Å². The fraction of sp³-hybridized carbons (Fsp3) is 0.0741. The van der Waals surface area contributed by atoms with E-state index in [0.29, 0.717) is 16.4 Å². The maximum atomic E-state index is 13.5. The van der Waals surface area contributed by atoms with Crippen molar-refractivity contribution >= 4 is 39.9 Å². The molecule has 0 spiro atoms. The Kier molecular flexibility index (Phi) is 5.59. The molecule has 1 aliphatic heterocycles. The Balaban J connectivity index is 1.54. The van der Waals surface area contributed by atoms with Crippen LogP contribution in [0.25, 0.3) is 17.3 Å². The second-order valence-corrected chi connectivity index (χ2v) is 8.69. The third kappa shape index (κ3) is 4.21. The van der Waals surface area contributed by atoms with E-state index in [4.69, 9.17) is 10.1 Å². The maximum absolute atomic E-state index is 13.5. The standard InChI is InChI=1S/C27H22N4OS/c1-30(2)22-15-13-19(14-16-22)17-23-25(21-11-7-4-8-12-21)29-31(26(23)32)27-28-24(18-33-27)20-9-5-3-6-10-20/h3-18H,1-2H3/b23-17-. The van der Waals surface area contributed by atoms with E-state index in [1.54, 1.807) is 0 Å². The molecule has 5 rings (SSSR count). The van der Waals surface area contributed by atoms with E-state index in [-0.39, 0.29) is 5.91 Å². The summed E-state index contributed by atoms with van der Waals surface area (Å²) in [4.78, 5) is 20.3. The minimum absolute atomic E-state index is 0.181. The second kappa shape index (κ2) is 8.84. The first-order valence-corrected chi connectivity index (χ1v) is 11.5. The number of amides is 1. The molecule has 0 N–H and O–H groups in total. The molecule has 4 aromatic rings. The molecule has 1 aromatic heterocycles. The summed E-state index contributed by atoms with van der Waals surface area (Å²) >= 11 is 1.41. The molecule has 0 radical (unpaired) electrons. The monoisotopic (exact) mass is 450 g/mol. The van der Waals surface area contributed by atoms with Gasteiger partial charge in [0.1, 0.15) is 5.71 Å². The Hall–Kier alpha value is -4.03. The minimum Gasteiger partial charge on any atom is -0.378 e. The van der Waals surface area contributed by atoms with Crippen LogP contribution >= 0.6 is 11.3 Å². The van der Waals surface area contributed by atoms with E-state index >= 15 is 0 Å². The predicted octanol–water partition coefficient (Wildman–Crippen LogP) is 5.71. The van der Waals surface area contributed by atoms with E-state index in [9.17, 15) is 4.79 Å².